The Labute approximate surface area is 99.2 Å². The summed E-state index contributed by atoms with van der Waals surface area (Å²) in [5, 5.41) is 12.0. The van der Waals surface area contributed by atoms with Crippen molar-refractivity contribution in [1.82, 2.24) is 5.32 Å². The molecule has 1 unspecified atom stereocenters. The normalized spacial score (nSPS) is 12.1. The first kappa shape index (κ1) is 12.8. The summed E-state index contributed by atoms with van der Waals surface area (Å²) in [5.41, 5.74) is 0. The first-order valence-electron chi connectivity index (χ1n) is 4.94. The molecule has 0 radical (unpaired) electrons. The SMILES string of the molecule is CC(NCCOc1cccc(Cl)c1)C(=O)O. The minimum absolute atomic E-state index is 0.401. The number of nitrogens with one attached hydrogen (secondary N) is 1. The van der Waals surface area contributed by atoms with Gasteiger partial charge in [-0.25, -0.2) is 0 Å². The molecule has 16 heavy (non-hydrogen) atoms. The molecule has 0 aliphatic rings. The zero-order valence-corrected chi connectivity index (χ0v) is 9.70. The first-order valence-corrected chi connectivity index (χ1v) is 5.32. The molecule has 0 saturated carbocycles. The number of aliphatic carboxylic acids is 1. The van der Waals surface area contributed by atoms with E-state index in [-0.39, 0.29) is 0 Å². The number of carboxylic acid groups (broad SMARTS) is 1. The Kier molecular flexibility index (Phi) is 5.08. The smallest absolute Gasteiger partial charge is 0.320 e. The molecular formula is C11H14ClNO3. The minimum atomic E-state index is -0.872. The van der Waals surface area contributed by atoms with Crippen molar-refractivity contribution in [3.8, 4) is 5.75 Å². The lowest BCUT2D eigenvalue weighted by molar-refractivity contribution is -0.139. The van der Waals surface area contributed by atoms with Gasteiger partial charge in [0.05, 0.1) is 0 Å². The highest BCUT2D eigenvalue weighted by Crippen LogP contribution is 2.16. The van der Waals surface area contributed by atoms with E-state index in [2.05, 4.69) is 5.32 Å². The molecule has 0 fully saturated rings. The summed E-state index contributed by atoms with van der Waals surface area (Å²) in [4.78, 5) is 10.5. The van der Waals surface area contributed by atoms with E-state index in [1.54, 1.807) is 31.2 Å². The van der Waals surface area contributed by atoms with E-state index >= 15 is 0 Å². The van der Waals surface area contributed by atoms with Gasteiger partial charge < -0.3 is 15.2 Å². The lowest BCUT2D eigenvalue weighted by atomic mass is 10.3. The largest absolute Gasteiger partial charge is 0.492 e. The second kappa shape index (κ2) is 6.35. The molecule has 1 atom stereocenters. The number of carboxylic acids is 1. The second-order valence-electron chi connectivity index (χ2n) is 3.32. The van der Waals surface area contributed by atoms with E-state index in [0.29, 0.717) is 23.9 Å². The van der Waals surface area contributed by atoms with Crippen LogP contribution in [0.2, 0.25) is 5.02 Å². The average molecular weight is 244 g/mol. The molecule has 1 rings (SSSR count). The highest BCUT2D eigenvalue weighted by Gasteiger charge is 2.08. The van der Waals surface area contributed by atoms with E-state index < -0.39 is 12.0 Å². The zero-order valence-electron chi connectivity index (χ0n) is 8.94. The summed E-state index contributed by atoms with van der Waals surface area (Å²) in [7, 11) is 0. The van der Waals surface area contributed by atoms with Gasteiger partial charge in [-0.3, -0.25) is 4.79 Å². The van der Waals surface area contributed by atoms with Crippen LogP contribution in [0, 0.1) is 0 Å². The van der Waals surface area contributed by atoms with Crippen LogP contribution in [0.4, 0.5) is 0 Å². The van der Waals surface area contributed by atoms with Crippen LogP contribution in [0.25, 0.3) is 0 Å². The van der Waals surface area contributed by atoms with Crippen molar-refractivity contribution in [2.45, 2.75) is 13.0 Å². The lowest BCUT2D eigenvalue weighted by Gasteiger charge is -2.10. The third kappa shape index (κ3) is 4.51. The number of benzene rings is 1. The Hall–Kier alpha value is -1.26. The number of halogens is 1. The molecule has 0 amide bonds. The van der Waals surface area contributed by atoms with Gasteiger partial charge in [-0.1, -0.05) is 17.7 Å². The van der Waals surface area contributed by atoms with Gasteiger partial charge in [-0.05, 0) is 25.1 Å². The van der Waals surface area contributed by atoms with Gasteiger partial charge in [0.25, 0.3) is 0 Å². The highest BCUT2D eigenvalue weighted by molar-refractivity contribution is 6.30. The van der Waals surface area contributed by atoms with Gasteiger partial charge in [-0.15, -0.1) is 0 Å². The maximum absolute atomic E-state index is 10.5. The number of ether oxygens (including phenoxy) is 1. The molecule has 0 bridgehead atoms. The van der Waals surface area contributed by atoms with Crippen LogP contribution < -0.4 is 10.1 Å². The third-order valence-electron chi connectivity index (χ3n) is 1.99. The molecule has 4 nitrogen and oxygen atoms in total. The van der Waals surface area contributed by atoms with E-state index in [1.807, 2.05) is 0 Å². The molecule has 0 aliphatic carbocycles. The number of hydrogen-bond acceptors (Lipinski definition) is 3. The van der Waals surface area contributed by atoms with Crippen molar-refractivity contribution in [1.29, 1.82) is 0 Å². The third-order valence-corrected chi connectivity index (χ3v) is 2.22. The summed E-state index contributed by atoms with van der Waals surface area (Å²) >= 11 is 5.78. The van der Waals surface area contributed by atoms with Crippen LogP contribution in [0.5, 0.6) is 5.75 Å². The first-order chi connectivity index (χ1) is 7.59. The summed E-state index contributed by atoms with van der Waals surface area (Å²) in [6, 6.07) is 6.50. The van der Waals surface area contributed by atoms with E-state index in [0.717, 1.165) is 0 Å². The highest BCUT2D eigenvalue weighted by atomic mass is 35.5. The Morgan fingerprint density at radius 2 is 2.38 bits per heavy atom. The summed E-state index contributed by atoms with van der Waals surface area (Å²) in [6.07, 6.45) is 0. The van der Waals surface area contributed by atoms with E-state index in [4.69, 9.17) is 21.4 Å². The van der Waals surface area contributed by atoms with Gasteiger partial charge in [0.15, 0.2) is 0 Å². The maximum Gasteiger partial charge on any atom is 0.320 e. The van der Waals surface area contributed by atoms with Crippen molar-refractivity contribution >= 4 is 17.6 Å². The van der Waals surface area contributed by atoms with Gasteiger partial charge in [0, 0.05) is 11.6 Å². The Bertz CT molecular complexity index is 357. The minimum Gasteiger partial charge on any atom is -0.492 e. The predicted octanol–water partition coefficient (Wildman–Crippen LogP) is 1.78. The maximum atomic E-state index is 10.5. The zero-order chi connectivity index (χ0) is 12.0. The average Bonchev–Trinajstić information content (AvgIpc) is 2.24. The predicted molar refractivity (Wildman–Crippen MR) is 62.0 cm³/mol. The summed E-state index contributed by atoms with van der Waals surface area (Å²) < 4.78 is 5.38. The molecule has 0 aromatic heterocycles. The fourth-order valence-corrected chi connectivity index (χ4v) is 1.27. The molecule has 5 heteroatoms. The van der Waals surface area contributed by atoms with Crippen LogP contribution in [-0.2, 0) is 4.79 Å². The van der Waals surface area contributed by atoms with Crippen LogP contribution >= 0.6 is 11.6 Å². The van der Waals surface area contributed by atoms with Crippen LogP contribution in [-0.4, -0.2) is 30.3 Å². The van der Waals surface area contributed by atoms with Gasteiger partial charge in [0.2, 0.25) is 0 Å². The summed E-state index contributed by atoms with van der Waals surface area (Å²) in [6.45, 7) is 2.46. The van der Waals surface area contributed by atoms with Crippen molar-refractivity contribution in [2.75, 3.05) is 13.2 Å². The number of rotatable bonds is 6. The number of hydrogen-bond donors (Lipinski definition) is 2. The van der Waals surface area contributed by atoms with Gasteiger partial charge in [-0.2, -0.15) is 0 Å². The lowest BCUT2D eigenvalue weighted by Crippen LogP contribution is -2.36. The van der Waals surface area contributed by atoms with E-state index in [1.165, 1.54) is 0 Å². The second-order valence-corrected chi connectivity index (χ2v) is 3.76. The molecule has 88 valence electrons. The Balaban J connectivity index is 2.23. The summed E-state index contributed by atoms with van der Waals surface area (Å²) in [5.74, 6) is -0.194. The fraction of sp³-hybridized carbons (Fsp3) is 0.364. The molecule has 0 spiro atoms. The molecule has 1 aromatic carbocycles. The molecule has 0 aliphatic heterocycles. The monoisotopic (exact) mass is 243 g/mol. The quantitative estimate of drug-likeness (QED) is 0.748. The Morgan fingerprint density at radius 3 is 3.00 bits per heavy atom. The van der Waals surface area contributed by atoms with Crippen molar-refractivity contribution in [2.24, 2.45) is 0 Å². The fourth-order valence-electron chi connectivity index (χ4n) is 1.09. The van der Waals surface area contributed by atoms with E-state index in [9.17, 15) is 4.79 Å². The van der Waals surface area contributed by atoms with Crippen molar-refractivity contribution in [3.05, 3.63) is 29.3 Å². The van der Waals surface area contributed by atoms with Gasteiger partial charge in [0.1, 0.15) is 18.4 Å². The molecule has 2 N–H and O–H groups in total. The van der Waals surface area contributed by atoms with Crippen LogP contribution in [0.1, 0.15) is 6.92 Å². The van der Waals surface area contributed by atoms with Gasteiger partial charge >= 0.3 is 5.97 Å². The molecule has 1 aromatic rings. The van der Waals surface area contributed by atoms with Crippen molar-refractivity contribution < 1.29 is 14.6 Å². The standard InChI is InChI=1S/C11H14ClNO3/c1-8(11(14)15)13-5-6-16-10-4-2-3-9(12)7-10/h2-4,7-8,13H,5-6H2,1H3,(H,14,15). The molecule has 0 saturated heterocycles. The van der Waals surface area contributed by atoms with Crippen molar-refractivity contribution in [3.63, 3.8) is 0 Å². The van der Waals surface area contributed by atoms with Crippen LogP contribution in [0.15, 0.2) is 24.3 Å². The topological polar surface area (TPSA) is 58.6 Å². The molecule has 0 heterocycles. The van der Waals surface area contributed by atoms with Crippen LogP contribution in [0.3, 0.4) is 0 Å². The molecular weight excluding hydrogens is 230 g/mol. The number of carbonyl (C=O) groups is 1. The Morgan fingerprint density at radius 1 is 1.62 bits per heavy atom.